The third-order valence-corrected chi connectivity index (χ3v) is 12.3. The van der Waals surface area contributed by atoms with Crippen molar-refractivity contribution >= 4 is 46.5 Å². The van der Waals surface area contributed by atoms with Gasteiger partial charge in [0.2, 0.25) is 0 Å². The Labute approximate surface area is 372 Å². The number of nitrogens with zero attached hydrogens (tertiary/aromatic N) is 4. The predicted molar refractivity (Wildman–Crippen MR) is 241 cm³/mol. The van der Waals surface area contributed by atoms with E-state index in [4.69, 9.17) is 24.7 Å². The molecule has 2 atom stereocenters. The van der Waals surface area contributed by atoms with Crippen molar-refractivity contribution in [2.75, 3.05) is 0 Å². The van der Waals surface area contributed by atoms with E-state index in [9.17, 15) is 19.8 Å². The number of ether oxygens (including phenoxy) is 1. The second-order valence-corrected chi connectivity index (χ2v) is 16.6. The molecule has 5 aliphatic rings. The Balaban J connectivity index is 0.00000704. The molecule has 0 unspecified atom stereocenters. The zero-order chi connectivity index (χ0) is 42.8. The number of carboxylic acid groups (broad SMARTS) is 1. The van der Waals surface area contributed by atoms with E-state index in [1.807, 2.05) is 45.9 Å². The van der Waals surface area contributed by atoms with Crippen molar-refractivity contribution in [3.63, 3.8) is 0 Å². The van der Waals surface area contributed by atoms with Gasteiger partial charge in [0.15, 0.2) is 5.76 Å². The molecule has 0 saturated carbocycles. The van der Waals surface area contributed by atoms with Crippen LogP contribution in [0.2, 0.25) is 0 Å². The largest absolute Gasteiger partial charge is 2.00 e. The van der Waals surface area contributed by atoms with Crippen molar-refractivity contribution < 1.29 is 41.0 Å². The molecule has 0 aromatic carbocycles. The summed E-state index contributed by atoms with van der Waals surface area (Å²) in [6, 6.07) is 0. The van der Waals surface area contributed by atoms with Crippen LogP contribution in [0.5, 0.6) is 0 Å². The second kappa shape index (κ2) is 22.3. The van der Waals surface area contributed by atoms with Crippen LogP contribution in [0.25, 0.3) is 17.4 Å². The number of carbonyl (C=O) groups is 2. The molecule has 9 nitrogen and oxygen atoms in total. The number of aliphatic imine (C=N–C) groups is 3. The molecule has 0 saturated heterocycles. The van der Waals surface area contributed by atoms with E-state index in [1.54, 1.807) is 0 Å². The standard InChI is InChI=1S/C51H64N4O5.Ni/c1-7-9-10-11-12-13-14-15-16-17-18-19-20-21-22-23-24-25-47(59)60-51-35(6)42-29-40-33(4)37(26-27-46(57)58)49(54-40)38-28-45(56)48-34(5)41(55-50(38)48)30-43-36(8-2)32(3)39(52-43)31-44(51)53-42;/h13-14,16-17,19-20,29-31,33,37H,7-12,15,18,21-28H2,1-6H3,(H3,52,53,54,55,56,57,58);/q;+2/p-2/b14-13+,17-16+,20-19+;/t33-,37-;/m0./s1. The quantitative estimate of drug-likeness (QED) is 0.0600. The van der Waals surface area contributed by atoms with Gasteiger partial charge in [-0.25, -0.2) is 9.98 Å². The molecule has 0 fully saturated rings. The van der Waals surface area contributed by atoms with Crippen LogP contribution in [0.3, 0.4) is 0 Å². The molecule has 0 spiro atoms. The molecule has 1 aromatic heterocycles. The Morgan fingerprint density at radius 1 is 0.836 bits per heavy atom. The number of unbranched alkanes of at least 4 members (excludes halogenated alkanes) is 7. The first kappa shape index (κ1) is 47.2. The SMILES string of the molecule is CCCCCC/C=C/C/C=C/C/C=C/CCCCCC(=O)OC1=C(C)C2=NC1=CC1=NC(=Cc3[n-]c4c(c3C)=C([O-])CC=4C3=NC(=C2)[C@@H](C)[C@@H]3CCC(=O)O)C(CC)=C1C.[Ni+2]. The van der Waals surface area contributed by atoms with E-state index in [0.29, 0.717) is 46.3 Å². The number of rotatable bonds is 20. The van der Waals surface area contributed by atoms with Gasteiger partial charge in [-0.2, -0.15) is 0 Å². The number of esters is 1. The zero-order valence-electron chi connectivity index (χ0n) is 36.8. The first-order valence-electron chi connectivity index (χ1n) is 22.3. The summed E-state index contributed by atoms with van der Waals surface area (Å²) in [7, 11) is 0. The summed E-state index contributed by atoms with van der Waals surface area (Å²) in [5.74, 6) is -1.13. The fraction of sp³-hybridized carbons (Fsp3) is 0.471. The predicted octanol–water partition coefficient (Wildman–Crippen LogP) is 9.49. The molecular formula is C51H62N4NiO5. The Morgan fingerprint density at radius 3 is 2.16 bits per heavy atom. The zero-order valence-corrected chi connectivity index (χ0v) is 37.8. The van der Waals surface area contributed by atoms with Crippen molar-refractivity contribution in [1.82, 2.24) is 4.98 Å². The van der Waals surface area contributed by atoms with Crippen LogP contribution in [0, 0.1) is 18.8 Å². The topological polar surface area (TPSA) is 138 Å². The number of carboxylic acids is 1. The number of aliphatic carboxylic acids is 1. The van der Waals surface area contributed by atoms with Gasteiger partial charge in [0.1, 0.15) is 5.70 Å². The number of fused-ring (bicyclic) bond motifs is 5. The van der Waals surface area contributed by atoms with Crippen LogP contribution in [-0.2, 0) is 30.8 Å². The van der Waals surface area contributed by atoms with E-state index in [2.05, 4.69) is 50.3 Å². The van der Waals surface area contributed by atoms with E-state index >= 15 is 0 Å². The van der Waals surface area contributed by atoms with Gasteiger partial charge >= 0.3 is 28.4 Å². The van der Waals surface area contributed by atoms with Gasteiger partial charge in [0.25, 0.3) is 0 Å². The van der Waals surface area contributed by atoms with E-state index in [1.165, 1.54) is 32.1 Å². The minimum Gasteiger partial charge on any atom is -0.875 e. The fourth-order valence-corrected chi connectivity index (χ4v) is 8.71. The molecule has 1 aromatic rings. The summed E-state index contributed by atoms with van der Waals surface area (Å²) in [5, 5.41) is 24.5. The van der Waals surface area contributed by atoms with Gasteiger partial charge in [0, 0.05) is 41.7 Å². The average molecular weight is 870 g/mol. The van der Waals surface area contributed by atoms with Gasteiger partial charge in [-0.15, -0.1) is 16.8 Å². The van der Waals surface area contributed by atoms with Gasteiger partial charge < -0.3 is 19.9 Å². The summed E-state index contributed by atoms with van der Waals surface area (Å²) in [5.41, 5.74) is 9.19. The molecule has 326 valence electrons. The maximum absolute atomic E-state index is 13.6. The molecule has 61 heavy (non-hydrogen) atoms. The van der Waals surface area contributed by atoms with Crippen molar-refractivity contribution in [1.29, 1.82) is 0 Å². The Hall–Kier alpha value is -4.82. The Bertz CT molecular complexity index is 2340. The summed E-state index contributed by atoms with van der Waals surface area (Å²) in [6.07, 6.45) is 32.8. The third-order valence-electron chi connectivity index (χ3n) is 12.3. The van der Waals surface area contributed by atoms with E-state index in [-0.39, 0.29) is 52.9 Å². The monoisotopic (exact) mass is 868 g/mol. The molecule has 1 aliphatic carbocycles. The summed E-state index contributed by atoms with van der Waals surface area (Å²) in [6.45, 7) is 12.3. The molecule has 6 rings (SSSR count). The summed E-state index contributed by atoms with van der Waals surface area (Å²) in [4.78, 5) is 45.4. The average Bonchev–Trinajstić information content (AvgIpc) is 3.97. The first-order valence-corrected chi connectivity index (χ1v) is 22.3. The smallest absolute Gasteiger partial charge is 0.875 e. The molecule has 4 aliphatic heterocycles. The van der Waals surface area contributed by atoms with Crippen molar-refractivity contribution in [3.05, 3.63) is 110 Å². The Kier molecular flexibility index (Phi) is 17.3. The maximum Gasteiger partial charge on any atom is 2.00 e. The summed E-state index contributed by atoms with van der Waals surface area (Å²) >= 11 is 0. The van der Waals surface area contributed by atoms with E-state index in [0.717, 1.165) is 95.6 Å². The second-order valence-electron chi connectivity index (χ2n) is 16.6. The van der Waals surface area contributed by atoms with E-state index < -0.39 is 5.97 Å². The van der Waals surface area contributed by atoms with Gasteiger partial charge in [0.05, 0.1) is 17.1 Å². The number of carbonyl (C=O) groups excluding carboxylic acids is 1. The third kappa shape index (κ3) is 11.4. The van der Waals surface area contributed by atoms with Gasteiger partial charge in [-0.05, 0) is 119 Å². The van der Waals surface area contributed by atoms with Crippen LogP contribution in [0.1, 0.15) is 149 Å². The van der Waals surface area contributed by atoms with Crippen molar-refractivity contribution in [2.24, 2.45) is 26.8 Å². The minimum atomic E-state index is -0.879. The first-order chi connectivity index (χ1) is 29.0. The fourth-order valence-electron chi connectivity index (χ4n) is 8.71. The normalized spacial score (nSPS) is 19.6. The minimum absolute atomic E-state index is 0. The summed E-state index contributed by atoms with van der Waals surface area (Å²) < 4.78 is 6.15. The van der Waals surface area contributed by atoms with Crippen LogP contribution in [0.15, 0.2) is 103 Å². The molecular weight excluding hydrogens is 807 g/mol. The van der Waals surface area contributed by atoms with Crippen molar-refractivity contribution in [3.8, 4) is 0 Å². The van der Waals surface area contributed by atoms with Gasteiger partial charge in [-0.3, -0.25) is 14.6 Å². The van der Waals surface area contributed by atoms with Crippen LogP contribution >= 0.6 is 0 Å². The van der Waals surface area contributed by atoms with Crippen LogP contribution in [-0.4, -0.2) is 34.2 Å². The van der Waals surface area contributed by atoms with Crippen LogP contribution < -0.4 is 20.7 Å². The molecule has 10 heteroatoms. The van der Waals surface area contributed by atoms with Gasteiger partial charge in [-0.1, -0.05) is 94.6 Å². The molecule has 1 N–H and O–H groups in total. The number of hydrogen-bond acceptors (Lipinski definition) is 7. The van der Waals surface area contributed by atoms with Crippen molar-refractivity contribution in [2.45, 2.75) is 144 Å². The molecule has 0 amide bonds. The Morgan fingerprint density at radius 2 is 1.49 bits per heavy atom. The molecule has 5 heterocycles. The number of allylic oxidation sites excluding steroid dienone is 12. The maximum atomic E-state index is 13.6. The number of aromatic nitrogens is 1. The molecule has 0 radical (unpaired) electrons. The molecule has 8 bridgehead atoms. The van der Waals surface area contributed by atoms with Crippen LogP contribution in [0.4, 0.5) is 0 Å². The number of hydrogen-bond donors (Lipinski definition) is 1.